The highest BCUT2D eigenvalue weighted by molar-refractivity contribution is 5.46. The maximum absolute atomic E-state index is 12.1. The zero-order chi connectivity index (χ0) is 15.9. The monoisotopic (exact) mass is 303 g/mol. The standard InChI is InChI=1S/C16H21N3O3/c1-3-9-17-11-12-14(20)10-16(21)19(18-12)13-7-5-6-8-15(13)22-4-2/h5-8,10,17,20H,3-4,9,11H2,1-2H3. The summed E-state index contributed by atoms with van der Waals surface area (Å²) < 4.78 is 6.79. The predicted octanol–water partition coefficient (Wildman–Crippen LogP) is 1.84. The van der Waals surface area contributed by atoms with Gasteiger partial charge in [-0.1, -0.05) is 19.1 Å². The summed E-state index contributed by atoms with van der Waals surface area (Å²) in [6.07, 6.45) is 0.980. The Labute approximate surface area is 129 Å². The maximum Gasteiger partial charge on any atom is 0.275 e. The minimum Gasteiger partial charge on any atom is -0.506 e. The number of aromatic hydroxyl groups is 1. The average molecular weight is 303 g/mol. The summed E-state index contributed by atoms with van der Waals surface area (Å²) >= 11 is 0. The van der Waals surface area contributed by atoms with Gasteiger partial charge in [0.1, 0.15) is 22.9 Å². The average Bonchev–Trinajstić information content (AvgIpc) is 2.51. The Kier molecular flexibility index (Phi) is 5.55. The molecule has 0 aliphatic rings. The Bertz CT molecular complexity index is 683. The summed E-state index contributed by atoms with van der Waals surface area (Å²) in [5.74, 6) is 0.483. The molecule has 0 fully saturated rings. The zero-order valence-electron chi connectivity index (χ0n) is 12.9. The highest BCUT2D eigenvalue weighted by atomic mass is 16.5. The summed E-state index contributed by atoms with van der Waals surface area (Å²) in [7, 11) is 0. The van der Waals surface area contributed by atoms with Crippen molar-refractivity contribution in [1.29, 1.82) is 0 Å². The molecule has 1 aromatic heterocycles. The molecule has 0 bridgehead atoms. The van der Waals surface area contributed by atoms with Crippen LogP contribution in [0.25, 0.3) is 5.69 Å². The van der Waals surface area contributed by atoms with E-state index in [9.17, 15) is 9.90 Å². The van der Waals surface area contributed by atoms with Gasteiger partial charge in [-0.15, -0.1) is 0 Å². The maximum atomic E-state index is 12.1. The Hall–Kier alpha value is -2.34. The Morgan fingerprint density at radius 3 is 2.82 bits per heavy atom. The van der Waals surface area contributed by atoms with Crippen LogP contribution in [-0.4, -0.2) is 28.0 Å². The second-order valence-electron chi connectivity index (χ2n) is 4.80. The van der Waals surface area contributed by atoms with Crippen LogP contribution < -0.4 is 15.6 Å². The van der Waals surface area contributed by atoms with Crippen LogP contribution in [0.4, 0.5) is 0 Å². The highest BCUT2D eigenvalue weighted by Gasteiger charge is 2.12. The Morgan fingerprint density at radius 2 is 2.09 bits per heavy atom. The van der Waals surface area contributed by atoms with E-state index in [-0.39, 0.29) is 5.75 Å². The van der Waals surface area contributed by atoms with Gasteiger partial charge in [0.05, 0.1) is 6.61 Å². The lowest BCUT2D eigenvalue weighted by Gasteiger charge is -2.13. The smallest absolute Gasteiger partial charge is 0.275 e. The summed E-state index contributed by atoms with van der Waals surface area (Å²) in [4.78, 5) is 12.1. The molecule has 0 saturated heterocycles. The molecule has 0 radical (unpaired) electrons. The van der Waals surface area contributed by atoms with Crippen LogP contribution in [0.1, 0.15) is 26.0 Å². The highest BCUT2D eigenvalue weighted by Crippen LogP contribution is 2.21. The molecule has 6 heteroatoms. The fourth-order valence-corrected chi connectivity index (χ4v) is 2.07. The molecule has 0 spiro atoms. The molecule has 118 valence electrons. The van der Waals surface area contributed by atoms with Gasteiger partial charge in [-0.05, 0) is 32.0 Å². The van der Waals surface area contributed by atoms with Crippen molar-refractivity contribution in [1.82, 2.24) is 15.1 Å². The van der Waals surface area contributed by atoms with Crippen molar-refractivity contribution in [3.63, 3.8) is 0 Å². The van der Waals surface area contributed by atoms with E-state index >= 15 is 0 Å². The van der Waals surface area contributed by atoms with E-state index in [4.69, 9.17) is 4.74 Å². The number of nitrogens with zero attached hydrogens (tertiary/aromatic N) is 2. The van der Waals surface area contributed by atoms with Crippen LogP contribution in [0.5, 0.6) is 11.5 Å². The fourth-order valence-electron chi connectivity index (χ4n) is 2.07. The number of nitrogens with one attached hydrogen (secondary N) is 1. The molecule has 1 aromatic carbocycles. The number of benzene rings is 1. The topological polar surface area (TPSA) is 76.4 Å². The van der Waals surface area contributed by atoms with Gasteiger partial charge >= 0.3 is 0 Å². The molecule has 2 aromatic rings. The normalized spacial score (nSPS) is 10.6. The summed E-state index contributed by atoms with van der Waals surface area (Å²) in [6, 6.07) is 8.38. The van der Waals surface area contributed by atoms with E-state index in [0.717, 1.165) is 13.0 Å². The van der Waals surface area contributed by atoms with Crippen LogP contribution in [0.3, 0.4) is 0 Å². The number of hydrogen-bond donors (Lipinski definition) is 2. The molecule has 2 N–H and O–H groups in total. The molecule has 0 aliphatic carbocycles. The van der Waals surface area contributed by atoms with Crippen LogP contribution >= 0.6 is 0 Å². The lowest BCUT2D eigenvalue weighted by Crippen LogP contribution is -2.24. The first-order valence-electron chi connectivity index (χ1n) is 7.42. The van der Waals surface area contributed by atoms with E-state index in [1.165, 1.54) is 10.7 Å². The van der Waals surface area contributed by atoms with Crippen molar-refractivity contribution in [2.24, 2.45) is 0 Å². The van der Waals surface area contributed by atoms with E-state index < -0.39 is 5.56 Å². The SMILES string of the molecule is CCCNCc1nn(-c2ccccc2OCC)c(=O)cc1O. The van der Waals surface area contributed by atoms with Gasteiger partial charge in [0.25, 0.3) is 5.56 Å². The Morgan fingerprint density at radius 1 is 1.32 bits per heavy atom. The lowest BCUT2D eigenvalue weighted by molar-refractivity contribution is 0.337. The van der Waals surface area contributed by atoms with Crippen molar-refractivity contribution in [3.05, 3.63) is 46.4 Å². The summed E-state index contributed by atoms with van der Waals surface area (Å²) in [5.41, 5.74) is 0.592. The molecule has 6 nitrogen and oxygen atoms in total. The number of para-hydroxylation sites is 2. The van der Waals surface area contributed by atoms with Crippen LogP contribution in [0, 0.1) is 0 Å². The van der Waals surface area contributed by atoms with Gasteiger partial charge in [0.2, 0.25) is 0 Å². The molecule has 1 heterocycles. The van der Waals surface area contributed by atoms with E-state index in [1.807, 2.05) is 19.1 Å². The van der Waals surface area contributed by atoms with Crippen LogP contribution in [-0.2, 0) is 6.54 Å². The van der Waals surface area contributed by atoms with Gasteiger partial charge in [0, 0.05) is 12.6 Å². The zero-order valence-corrected chi connectivity index (χ0v) is 12.9. The molecule has 0 atom stereocenters. The van der Waals surface area contributed by atoms with Crippen LogP contribution in [0.2, 0.25) is 0 Å². The van der Waals surface area contributed by atoms with E-state index in [2.05, 4.69) is 17.3 Å². The van der Waals surface area contributed by atoms with Crippen molar-refractivity contribution in [2.45, 2.75) is 26.8 Å². The molecule has 0 aliphatic heterocycles. The number of aromatic nitrogens is 2. The number of hydrogen-bond acceptors (Lipinski definition) is 5. The van der Waals surface area contributed by atoms with Gasteiger partial charge in [-0.25, -0.2) is 0 Å². The second kappa shape index (κ2) is 7.61. The van der Waals surface area contributed by atoms with Gasteiger partial charge in [-0.2, -0.15) is 9.78 Å². The second-order valence-corrected chi connectivity index (χ2v) is 4.80. The first-order valence-corrected chi connectivity index (χ1v) is 7.42. The van der Waals surface area contributed by atoms with E-state index in [1.54, 1.807) is 12.1 Å². The third-order valence-corrected chi connectivity index (χ3v) is 3.10. The first kappa shape index (κ1) is 16.0. The van der Waals surface area contributed by atoms with Crippen molar-refractivity contribution in [3.8, 4) is 17.2 Å². The van der Waals surface area contributed by atoms with Crippen molar-refractivity contribution < 1.29 is 9.84 Å². The summed E-state index contributed by atoms with van der Waals surface area (Å²) in [6.45, 7) is 5.64. The minimum absolute atomic E-state index is 0.0984. The molecule has 0 unspecified atom stereocenters. The number of rotatable bonds is 7. The fraction of sp³-hybridized carbons (Fsp3) is 0.375. The Balaban J connectivity index is 2.42. The third kappa shape index (κ3) is 3.65. The summed E-state index contributed by atoms with van der Waals surface area (Å²) in [5, 5.41) is 17.3. The van der Waals surface area contributed by atoms with Gasteiger partial charge in [0.15, 0.2) is 0 Å². The lowest BCUT2D eigenvalue weighted by atomic mass is 10.3. The molecule has 2 rings (SSSR count). The van der Waals surface area contributed by atoms with Crippen molar-refractivity contribution in [2.75, 3.05) is 13.2 Å². The molecular weight excluding hydrogens is 282 g/mol. The van der Waals surface area contributed by atoms with Crippen LogP contribution in [0.15, 0.2) is 35.1 Å². The minimum atomic E-state index is -0.399. The molecule has 0 amide bonds. The third-order valence-electron chi connectivity index (χ3n) is 3.10. The number of ether oxygens (including phenoxy) is 1. The van der Waals surface area contributed by atoms with Crippen molar-refractivity contribution >= 4 is 0 Å². The first-order chi connectivity index (χ1) is 10.7. The van der Waals surface area contributed by atoms with Gasteiger partial charge < -0.3 is 15.2 Å². The molecule has 0 saturated carbocycles. The molecular formula is C16H21N3O3. The quantitative estimate of drug-likeness (QED) is 0.763. The van der Waals surface area contributed by atoms with E-state index in [0.29, 0.717) is 30.3 Å². The van der Waals surface area contributed by atoms with Gasteiger partial charge in [-0.3, -0.25) is 4.79 Å². The largest absolute Gasteiger partial charge is 0.506 e. The molecule has 22 heavy (non-hydrogen) atoms. The predicted molar refractivity (Wildman–Crippen MR) is 84.7 cm³/mol.